The summed E-state index contributed by atoms with van der Waals surface area (Å²) in [4.78, 5) is 11.8. The van der Waals surface area contributed by atoms with Gasteiger partial charge in [-0.2, -0.15) is 0 Å². The average molecular weight is 378 g/mol. The van der Waals surface area contributed by atoms with Gasteiger partial charge in [-0.25, -0.2) is 0 Å². The first-order valence-corrected chi connectivity index (χ1v) is 10.3. The maximum Gasteiger partial charge on any atom is 0.193 e. The molecule has 5 nitrogen and oxygen atoms in total. The van der Waals surface area contributed by atoms with Crippen LogP contribution in [0.1, 0.15) is 19.8 Å². The van der Waals surface area contributed by atoms with Crippen molar-refractivity contribution in [3.63, 3.8) is 0 Å². The van der Waals surface area contributed by atoms with Crippen molar-refractivity contribution in [2.45, 2.75) is 19.8 Å². The van der Waals surface area contributed by atoms with Crippen molar-refractivity contribution in [1.82, 2.24) is 15.1 Å². The molecule has 26 heavy (non-hydrogen) atoms. The van der Waals surface area contributed by atoms with E-state index in [-0.39, 0.29) is 0 Å². The number of halogens is 1. The van der Waals surface area contributed by atoms with Crippen LogP contribution in [0, 0.1) is 5.92 Å². The normalized spacial score (nSPS) is 22.1. The molecule has 0 aliphatic carbocycles. The van der Waals surface area contributed by atoms with Crippen LogP contribution in [-0.4, -0.2) is 75.2 Å². The van der Waals surface area contributed by atoms with Crippen molar-refractivity contribution in [3.05, 3.63) is 29.3 Å². The third kappa shape index (κ3) is 4.83. The zero-order chi connectivity index (χ0) is 18.4. The number of piperazine rings is 1. The maximum atomic E-state index is 6.35. The van der Waals surface area contributed by atoms with Crippen LogP contribution in [0.4, 0.5) is 5.69 Å². The number of rotatable bonds is 5. The lowest BCUT2D eigenvalue weighted by Gasteiger charge is -2.38. The molecular weight excluding hydrogens is 346 g/mol. The van der Waals surface area contributed by atoms with Crippen LogP contribution < -0.4 is 10.2 Å². The molecule has 2 aliphatic heterocycles. The molecule has 2 aliphatic rings. The van der Waals surface area contributed by atoms with Crippen LogP contribution in [-0.2, 0) is 0 Å². The number of aliphatic imine (C=N–C) groups is 1. The number of hydrogen-bond donors (Lipinski definition) is 1. The summed E-state index contributed by atoms with van der Waals surface area (Å²) >= 11 is 6.35. The van der Waals surface area contributed by atoms with Gasteiger partial charge in [-0.15, -0.1) is 0 Å². The third-order valence-corrected chi connectivity index (χ3v) is 5.76. The zero-order valence-electron chi connectivity index (χ0n) is 16.1. The number of nitrogens with zero attached hydrogens (tertiary/aromatic N) is 4. The largest absolute Gasteiger partial charge is 0.367 e. The molecule has 6 heteroatoms. The van der Waals surface area contributed by atoms with Gasteiger partial charge in [-0.3, -0.25) is 4.99 Å². The lowest BCUT2D eigenvalue weighted by atomic mass is 10.1. The van der Waals surface area contributed by atoms with Gasteiger partial charge in [0.25, 0.3) is 0 Å². The Morgan fingerprint density at radius 2 is 1.96 bits per heavy atom. The summed E-state index contributed by atoms with van der Waals surface area (Å²) in [5.41, 5.74) is 1.14. The molecule has 2 saturated heterocycles. The number of guanidine groups is 1. The van der Waals surface area contributed by atoms with Crippen LogP contribution in [0.2, 0.25) is 5.02 Å². The Balaban J connectivity index is 1.46. The predicted octanol–water partition coefficient (Wildman–Crippen LogP) is 2.77. The topological polar surface area (TPSA) is 34.1 Å². The highest BCUT2D eigenvalue weighted by Crippen LogP contribution is 2.26. The van der Waals surface area contributed by atoms with E-state index in [4.69, 9.17) is 11.6 Å². The minimum Gasteiger partial charge on any atom is -0.367 e. The number of likely N-dealkylation sites (tertiary alicyclic amines) is 1. The molecule has 3 rings (SSSR count). The van der Waals surface area contributed by atoms with Gasteiger partial charge < -0.3 is 20.0 Å². The van der Waals surface area contributed by atoms with Crippen molar-refractivity contribution in [2.75, 3.05) is 64.3 Å². The second-order valence-electron chi connectivity index (χ2n) is 7.31. The number of hydrogen-bond acceptors (Lipinski definition) is 3. The first-order chi connectivity index (χ1) is 12.7. The molecule has 0 saturated carbocycles. The van der Waals surface area contributed by atoms with Crippen molar-refractivity contribution >= 4 is 23.2 Å². The summed E-state index contributed by atoms with van der Waals surface area (Å²) in [7, 11) is 1.89. The van der Waals surface area contributed by atoms with E-state index in [1.807, 2.05) is 19.2 Å². The summed E-state index contributed by atoms with van der Waals surface area (Å²) in [6.07, 6.45) is 2.54. The molecule has 0 radical (unpaired) electrons. The molecule has 1 aromatic carbocycles. The first kappa shape index (κ1) is 19.3. The summed E-state index contributed by atoms with van der Waals surface area (Å²) < 4.78 is 0. The fourth-order valence-corrected chi connectivity index (χ4v) is 4.29. The van der Waals surface area contributed by atoms with Crippen molar-refractivity contribution in [3.8, 4) is 0 Å². The molecule has 2 heterocycles. The molecule has 0 amide bonds. The van der Waals surface area contributed by atoms with Gasteiger partial charge in [0, 0.05) is 46.3 Å². The smallest absolute Gasteiger partial charge is 0.193 e. The van der Waals surface area contributed by atoms with Crippen molar-refractivity contribution in [2.24, 2.45) is 10.9 Å². The highest BCUT2D eigenvalue weighted by Gasteiger charge is 2.24. The van der Waals surface area contributed by atoms with E-state index in [9.17, 15) is 0 Å². The monoisotopic (exact) mass is 377 g/mol. The molecule has 144 valence electrons. The lowest BCUT2D eigenvalue weighted by molar-refractivity contribution is 0.322. The van der Waals surface area contributed by atoms with Gasteiger partial charge in [0.2, 0.25) is 0 Å². The molecule has 1 aromatic rings. The summed E-state index contributed by atoms with van der Waals surface area (Å²) in [6.45, 7) is 10.9. The first-order valence-electron chi connectivity index (χ1n) is 9.88. The molecular formula is C20H32ClN5. The number of anilines is 1. The average Bonchev–Trinajstić information content (AvgIpc) is 3.11. The standard InChI is InChI=1S/C20H32ClN5/c1-3-9-24-10-8-17(16-24)15-23-20(22-2)26-13-11-25(12-14-26)19-7-5-4-6-18(19)21/h4-7,17H,3,8-16H2,1-2H3,(H,22,23). The molecule has 0 aromatic heterocycles. The van der Waals surface area contributed by atoms with Crippen LogP contribution in [0.15, 0.2) is 29.3 Å². The predicted molar refractivity (Wildman–Crippen MR) is 111 cm³/mol. The van der Waals surface area contributed by atoms with Gasteiger partial charge in [-0.05, 0) is 44.0 Å². The summed E-state index contributed by atoms with van der Waals surface area (Å²) in [6, 6.07) is 8.11. The highest BCUT2D eigenvalue weighted by atomic mass is 35.5. The van der Waals surface area contributed by atoms with Gasteiger partial charge in [-0.1, -0.05) is 30.7 Å². The van der Waals surface area contributed by atoms with Crippen LogP contribution in [0.3, 0.4) is 0 Å². The van der Waals surface area contributed by atoms with Crippen molar-refractivity contribution in [1.29, 1.82) is 0 Å². The van der Waals surface area contributed by atoms with E-state index >= 15 is 0 Å². The number of para-hydroxylation sites is 1. The van der Waals surface area contributed by atoms with Crippen LogP contribution in [0.5, 0.6) is 0 Å². The van der Waals surface area contributed by atoms with E-state index < -0.39 is 0 Å². The Bertz CT molecular complexity index is 598. The minimum atomic E-state index is 0.739. The summed E-state index contributed by atoms with van der Waals surface area (Å²) in [5.74, 6) is 1.78. The van der Waals surface area contributed by atoms with E-state index in [0.717, 1.165) is 55.3 Å². The number of benzene rings is 1. The second kappa shape index (κ2) is 9.47. The summed E-state index contributed by atoms with van der Waals surface area (Å²) in [5, 5.41) is 4.45. The fraction of sp³-hybridized carbons (Fsp3) is 0.650. The van der Waals surface area contributed by atoms with E-state index in [1.54, 1.807) is 0 Å². The van der Waals surface area contributed by atoms with Gasteiger partial charge in [0.1, 0.15) is 0 Å². The number of nitrogens with one attached hydrogen (secondary N) is 1. The van der Waals surface area contributed by atoms with Crippen molar-refractivity contribution < 1.29 is 0 Å². The lowest BCUT2D eigenvalue weighted by Crippen LogP contribution is -2.53. The van der Waals surface area contributed by atoms with Crippen LogP contribution >= 0.6 is 11.6 Å². The molecule has 1 N–H and O–H groups in total. The van der Waals surface area contributed by atoms with E-state index in [2.05, 4.69) is 44.1 Å². The quantitative estimate of drug-likeness (QED) is 0.632. The second-order valence-corrected chi connectivity index (χ2v) is 7.72. The van der Waals surface area contributed by atoms with E-state index in [1.165, 1.54) is 32.5 Å². The van der Waals surface area contributed by atoms with E-state index in [0.29, 0.717) is 0 Å². The molecule has 1 unspecified atom stereocenters. The third-order valence-electron chi connectivity index (χ3n) is 5.44. The minimum absolute atomic E-state index is 0.739. The molecule has 1 atom stereocenters. The maximum absolute atomic E-state index is 6.35. The van der Waals surface area contributed by atoms with Gasteiger partial charge in [0.15, 0.2) is 5.96 Å². The van der Waals surface area contributed by atoms with Crippen LogP contribution in [0.25, 0.3) is 0 Å². The Morgan fingerprint density at radius 3 is 2.65 bits per heavy atom. The SMILES string of the molecule is CCCN1CCC(CNC(=NC)N2CCN(c3ccccc3Cl)CC2)C1. The highest BCUT2D eigenvalue weighted by molar-refractivity contribution is 6.33. The molecule has 0 bridgehead atoms. The Kier molecular flexibility index (Phi) is 7.03. The van der Waals surface area contributed by atoms with Gasteiger partial charge >= 0.3 is 0 Å². The molecule has 0 spiro atoms. The Hall–Kier alpha value is -1.46. The molecule has 2 fully saturated rings. The zero-order valence-corrected chi connectivity index (χ0v) is 16.9. The Morgan fingerprint density at radius 1 is 1.19 bits per heavy atom. The van der Waals surface area contributed by atoms with Gasteiger partial charge in [0.05, 0.1) is 10.7 Å². The Labute approximate surface area is 163 Å². The fourth-order valence-electron chi connectivity index (χ4n) is 4.03.